The molecule has 3 unspecified atom stereocenters. The number of rotatable bonds is 63. The molecule has 0 spiro atoms. The minimum Gasteiger partial charge on any atom is -0.756 e. The second-order valence-electron chi connectivity index (χ2n) is 24.7. The number of likely N-dealkylation sites (N-methyl/N-ethyl adjacent to an activating group) is 1. The molecule has 0 aromatic heterocycles. The molecule has 0 aliphatic heterocycles. The van der Waals surface area contributed by atoms with E-state index >= 15 is 0 Å². The smallest absolute Gasteiger partial charge is 0.306 e. The van der Waals surface area contributed by atoms with E-state index in [4.69, 9.17) is 13.8 Å². The molecular weight excluding hydrogens is 1010 g/mol. The Balaban J connectivity index is 5.02. The van der Waals surface area contributed by atoms with Gasteiger partial charge in [-0.15, -0.1) is 0 Å². The molecular formula is C70H133N2O7P. The normalized spacial score (nSPS) is 13.8. The van der Waals surface area contributed by atoms with Gasteiger partial charge in [-0.3, -0.25) is 14.2 Å². The molecule has 1 amide bonds. The number of hydrogen-bond donors (Lipinski definition) is 1. The number of carbonyl (C=O) groups excluding carboxylic acids is 2. The SMILES string of the molecule is CCCCC/C=C\C/C=C\CCCCCCCCCCCCCCCCCCCC(=O)NC(COP(=O)([O-])OCC[N+](C)(C)C)C(/C=C\CCCCCCCCCCCCC)OC(=O)CCCCC/C=C\CCCCCCCCC. The molecule has 0 aliphatic rings. The molecule has 0 saturated heterocycles. The van der Waals surface area contributed by atoms with Gasteiger partial charge in [0, 0.05) is 12.8 Å². The molecule has 0 radical (unpaired) electrons. The highest BCUT2D eigenvalue weighted by atomic mass is 31.2. The van der Waals surface area contributed by atoms with Crippen LogP contribution in [0.3, 0.4) is 0 Å². The minimum atomic E-state index is -4.70. The van der Waals surface area contributed by atoms with Gasteiger partial charge >= 0.3 is 5.97 Å². The zero-order valence-electron chi connectivity index (χ0n) is 53.8. The summed E-state index contributed by atoms with van der Waals surface area (Å²) in [6.07, 6.45) is 75.2. The van der Waals surface area contributed by atoms with E-state index in [1.165, 1.54) is 225 Å². The highest BCUT2D eigenvalue weighted by Crippen LogP contribution is 2.38. The number of unbranched alkanes of at least 4 members (excludes halogenated alkanes) is 41. The molecule has 1 N–H and O–H groups in total. The summed E-state index contributed by atoms with van der Waals surface area (Å²) < 4.78 is 30.4. The number of phosphoric acid groups is 1. The number of nitrogens with zero attached hydrogens (tertiary/aromatic N) is 1. The second-order valence-corrected chi connectivity index (χ2v) is 26.1. The van der Waals surface area contributed by atoms with Crippen molar-refractivity contribution in [3.63, 3.8) is 0 Å². The van der Waals surface area contributed by atoms with Crippen LogP contribution >= 0.6 is 7.82 Å². The van der Waals surface area contributed by atoms with Gasteiger partial charge in [0.2, 0.25) is 5.91 Å². The van der Waals surface area contributed by atoms with E-state index in [0.717, 1.165) is 70.6 Å². The van der Waals surface area contributed by atoms with Gasteiger partial charge in [-0.25, -0.2) is 0 Å². The third-order valence-corrected chi connectivity index (χ3v) is 16.4. The van der Waals surface area contributed by atoms with Crippen LogP contribution in [0.4, 0.5) is 0 Å². The minimum absolute atomic E-state index is 0.0229. The Morgan fingerprint density at radius 2 is 0.762 bits per heavy atom. The van der Waals surface area contributed by atoms with Crippen molar-refractivity contribution in [2.45, 2.75) is 348 Å². The average molecular weight is 1150 g/mol. The summed E-state index contributed by atoms with van der Waals surface area (Å²) in [4.78, 5) is 40.1. The van der Waals surface area contributed by atoms with Crippen LogP contribution in [0.25, 0.3) is 0 Å². The van der Waals surface area contributed by atoms with Crippen LogP contribution in [0.2, 0.25) is 0 Å². The summed E-state index contributed by atoms with van der Waals surface area (Å²) in [7, 11) is 1.19. The molecule has 10 heteroatoms. The molecule has 470 valence electrons. The molecule has 80 heavy (non-hydrogen) atoms. The number of esters is 1. The largest absolute Gasteiger partial charge is 0.756 e. The van der Waals surface area contributed by atoms with Crippen LogP contribution in [0.1, 0.15) is 335 Å². The van der Waals surface area contributed by atoms with Gasteiger partial charge in [-0.05, 0) is 89.5 Å². The van der Waals surface area contributed by atoms with Crippen molar-refractivity contribution < 1.29 is 37.3 Å². The van der Waals surface area contributed by atoms with Gasteiger partial charge in [-0.2, -0.15) is 0 Å². The monoisotopic (exact) mass is 1140 g/mol. The number of ether oxygens (including phenoxy) is 1. The Morgan fingerprint density at radius 3 is 1.18 bits per heavy atom. The Bertz CT molecular complexity index is 1510. The first-order valence-corrected chi connectivity index (χ1v) is 35.9. The summed E-state index contributed by atoms with van der Waals surface area (Å²) >= 11 is 0. The third-order valence-electron chi connectivity index (χ3n) is 15.5. The third kappa shape index (κ3) is 60.6. The van der Waals surface area contributed by atoms with Gasteiger partial charge in [0.05, 0.1) is 33.8 Å². The lowest BCUT2D eigenvalue weighted by Crippen LogP contribution is -2.47. The lowest BCUT2D eigenvalue weighted by atomic mass is 10.0. The average Bonchev–Trinajstić information content (AvgIpc) is 3.42. The van der Waals surface area contributed by atoms with E-state index < -0.39 is 20.0 Å². The van der Waals surface area contributed by atoms with Gasteiger partial charge in [0.25, 0.3) is 7.82 Å². The van der Waals surface area contributed by atoms with Gasteiger partial charge in [-0.1, -0.05) is 282 Å². The van der Waals surface area contributed by atoms with Crippen molar-refractivity contribution in [3.05, 3.63) is 48.6 Å². The first-order valence-electron chi connectivity index (χ1n) is 34.4. The van der Waals surface area contributed by atoms with Crippen molar-refractivity contribution in [1.82, 2.24) is 5.32 Å². The second kappa shape index (κ2) is 60.1. The fourth-order valence-corrected chi connectivity index (χ4v) is 10.9. The highest BCUT2D eigenvalue weighted by molar-refractivity contribution is 7.45. The predicted molar refractivity (Wildman–Crippen MR) is 344 cm³/mol. The maximum Gasteiger partial charge on any atom is 0.306 e. The molecule has 0 aromatic carbocycles. The lowest BCUT2D eigenvalue weighted by Gasteiger charge is -2.30. The maximum absolute atomic E-state index is 13.6. The molecule has 0 aromatic rings. The summed E-state index contributed by atoms with van der Waals surface area (Å²) in [5.74, 6) is -0.545. The van der Waals surface area contributed by atoms with Crippen molar-refractivity contribution in [1.29, 1.82) is 0 Å². The molecule has 0 fully saturated rings. The van der Waals surface area contributed by atoms with Crippen LogP contribution in [-0.4, -0.2) is 69.4 Å². The zero-order chi connectivity index (χ0) is 58.6. The molecule has 0 heterocycles. The van der Waals surface area contributed by atoms with Crippen molar-refractivity contribution in [2.75, 3.05) is 40.9 Å². The van der Waals surface area contributed by atoms with E-state index in [1.807, 2.05) is 33.3 Å². The molecule has 0 bridgehead atoms. The lowest BCUT2D eigenvalue weighted by molar-refractivity contribution is -0.870. The Morgan fingerprint density at radius 1 is 0.438 bits per heavy atom. The van der Waals surface area contributed by atoms with Crippen LogP contribution in [0.5, 0.6) is 0 Å². The summed E-state index contributed by atoms with van der Waals surface area (Å²) in [6, 6.07) is -0.892. The van der Waals surface area contributed by atoms with E-state index in [-0.39, 0.29) is 31.5 Å². The Hall–Kier alpha value is -2.03. The van der Waals surface area contributed by atoms with Crippen molar-refractivity contribution >= 4 is 19.7 Å². The zero-order valence-corrected chi connectivity index (χ0v) is 54.7. The summed E-state index contributed by atoms with van der Waals surface area (Å²) in [6.45, 7) is 6.85. The van der Waals surface area contributed by atoms with Gasteiger partial charge in [0.1, 0.15) is 19.3 Å². The number of quaternary nitrogens is 1. The number of nitrogens with one attached hydrogen (secondary N) is 1. The van der Waals surface area contributed by atoms with Gasteiger partial charge in [0.15, 0.2) is 0 Å². The number of phosphoric ester groups is 1. The molecule has 0 saturated carbocycles. The maximum atomic E-state index is 13.6. The van der Waals surface area contributed by atoms with Crippen LogP contribution in [0, 0.1) is 0 Å². The standard InChI is InChI=1S/C70H133N2O7P/c1-7-10-13-16-19-22-25-28-30-31-32-33-34-35-36-37-38-39-40-41-42-44-47-50-53-56-59-62-69(73)71-67(66-78-80(75,76)77-65-64-72(4,5)6)68(61-58-55-52-49-46-43-27-24-21-18-15-12-9-3)79-70(74)63-60-57-54-51-48-45-29-26-23-20-17-14-11-8-2/h19,22,28,30,45,48,58,61,67-68H,7-18,20-21,23-27,29,31-44,46-47,49-57,59-60,62-66H2,1-6H3,(H-,71,73,75,76)/b22-19-,30-28-,48-45-,61-58-. The number of carbonyl (C=O) groups is 2. The highest BCUT2D eigenvalue weighted by Gasteiger charge is 2.27. The van der Waals surface area contributed by atoms with E-state index in [2.05, 4.69) is 62.5 Å². The quantitative estimate of drug-likeness (QED) is 0.0212. The molecule has 9 nitrogen and oxygen atoms in total. The van der Waals surface area contributed by atoms with Crippen LogP contribution < -0.4 is 10.2 Å². The van der Waals surface area contributed by atoms with Gasteiger partial charge < -0.3 is 28.5 Å². The molecule has 0 rings (SSSR count). The summed E-state index contributed by atoms with van der Waals surface area (Å²) in [5.41, 5.74) is 0. The Kier molecular flexibility index (Phi) is 58.6. The van der Waals surface area contributed by atoms with E-state index in [0.29, 0.717) is 23.9 Å². The Labute approximate surface area is 497 Å². The number of hydrogen-bond acceptors (Lipinski definition) is 7. The first kappa shape index (κ1) is 78.0. The fourth-order valence-electron chi connectivity index (χ4n) is 10.1. The number of amides is 1. The first-order chi connectivity index (χ1) is 38.9. The van der Waals surface area contributed by atoms with E-state index in [1.54, 1.807) is 0 Å². The van der Waals surface area contributed by atoms with Crippen molar-refractivity contribution in [3.8, 4) is 0 Å². The van der Waals surface area contributed by atoms with Crippen LogP contribution in [0.15, 0.2) is 48.6 Å². The molecule has 0 aliphatic carbocycles. The summed E-state index contributed by atoms with van der Waals surface area (Å²) in [5, 5.41) is 3.04. The van der Waals surface area contributed by atoms with Crippen LogP contribution in [-0.2, 0) is 27.9 Å². The number of allylic oxidation sites excluding steroid dienone is 7. The fraction of sp³-hybridized carbons (Fsp3) is 0.857. The topological polar surface area (TPSA) is 114 Å². The predicted octanol–water partition coefficient (Wildman–Crippen LogP) is 21.0. The van der Waals surface area contributed by atoms with E-state index in [9.17, 15) is 19.0 Å². The molecule has 3 atom stereocenters. The van der Waals surface area contributed by atoms with Crippen molar-refractivity contribution in [2.24, 2.45) is 0 Å².